The molecule has 0 saturated heterocycles. The Morgan fingerprint density at radius 3 is 2.95 bits per heavy atom. The van der Waals surface area contributed by atoms with Crippen molar-refractivity contribution in [1.82, 2.24) is 9.97 Å². The van der Waals surface area contributed by atoms with Crippen molar-refractivity contribution in [3.8, 4) is 10.6 Å². The Hall–Kier alpha value is -2.12. The number of carbonyl (C=O) groups is 1. The number of hydrogen-bond donors (Lipinski definition) is 2. The Kier molecular flexibility index (Phi) is 4.26. The maximum atomic E-state index is 12.2. The highest BCUT2D eigenvalue weighted by Gasteiger charge is 2.15. The van der Waals surface area contributed by atoms with Gasteiger partial charge in [-0.3, -0.25) is 9.78 Å². The van der Waals surface area contributed by atoms with Crippen LogP contribution in [-0.2, 0) is 5.75 Å². The van der Waals surface area contributed by atoms with E-state index in [1.54, 1.807) is 24.5 Å². The number of furan rings is 1. The summed E-state index contributed by atoms with van der Waals surface area (Å²) in [7, 11) is 0. The maximum absolute atomic E-state index is 12.2. The van der Waals surface area contributed by atoms with Crippen molar-refractivity contribution in [1.29, 1.82) is 0 Å². The maximum Gasteiger partial charge on any atom is 0.292 e. The number of thiazole rings is 1. The van der Waals surface area contributed by atoms with Crippen molar-refractivity contribution in [3.05, 3.63) is 53.9 Å². The lowest BCUT2D eigenvalue weighted by Crippen LogP contribution is -2.10. The van der Waals surface area contributed by atoms with E-state index in [9.17, 15) is 4.79 Å². The van der Waals surface area contributed by atoms with Crippen molar-refractivity contribution >= 4 is 34.9 Å². The second-order valence-corrected chi connectivity index (χ2v) is 5.87. The van der Waals surface area contributed by atoms with E-state index in [1.165, 1.54) is 11.3 Å². The van der Waals surface area contributed by atoms with Crippen LogP contribution in [0.1, 0.15) is 22.0 Å². The van der Waals surface area contributed by atoms with Crippen molar-refractivity contribution < 1.29 is 9.21 Å². The number of anilines is 1. The second-order valence-electron chi connectivity index (χ2n) is 4.55. The molecule has 3 heterocycles. The van der Waals surface area contributed by atoms with Crippen LogP contribution in [-0.4, -0.2) is 15.9 Å². The number of carbonyl (C=O) groups excluding carboxylic acids is 1. The Balaban J connectivity index is 1.81. The molecule has 5 nitrogen and oxygen atoms in total. The van der Waals surface area contributed by atoms with Crippen molar-refractivity contribution in [2.75, 3.05) is 5.32 Å². The van der Waals surface area contributed by atoms with Gasteiger partial charge < -0.3 is 9.73 Å². The molecule has 0 radical (unpaired) electrons. The normalized spacial score (nSPS) is 10.6. The summed E-state index contributed by atoms with van der Waals surface area (Å²) in [4.78, 5) is 20.7. The van der Waals surface area contributed by atoms with Crippen LogP contribution in [0.4, 0.5) is 5.00 Å². The third-order valence-electron chi connectivity index (χ3n) is 2.97. The van der Waals surface area contributed by atoms with Gasteiger partial charge in [0.2, 0.25) is 0 Å². The van der Waals surface area contributed by atoms with Crippen molar-refractivity contribution in [2.45, 2.75) is 12.7 Å². The second kappa shape index (κ2) is 6.33. The lowest BCUT2D eigenvalue weighted by Gasteiger charge is -2.00. The zero-order valence-electron chi connectivity index (χ0n) is 11.7. The van der Waals surface area contributed by atoms with Crippen LogP contribution in [0.3, 0.4) is 0 Å². The number of hydrogen-bond acceptors (Lipinski definition) is 6. The smallest absolute Gasteiger partial charge is 0.292 e. The van der Waals surface area contributed by atoms with Gasteiger partial charge in [-0.15, -0.1) is 0 Å². The topological polar surface area (TPSA) is 68.0 Å². The lowest BCUT2D eigenvalue weighted by atomic mass is 10.3. The Labute approximate surface area is 136 Å². The summed E-state index contributed by atoms with van der Waals surface area (Å²) in [6, 6.07) is 7.16. The van der Waals surface area contributed by atoms with Gasteiger partial charge in [-0.2, -0.15) is 12.6 Å². The van der Waals surface area contributed by atoms with Crippen molar-refractivity contribution in [3.63, 3.8) is 0 Å². The first-order valence-corrected chi connectivity index (χ1v) is 8.01. The average Bonchev–Trinajstić information content (AvgIpc) is 3.15. The van der Waals surface area contributed by atoms with Crippen LogP contribution < -0.4 is 5.32 Å². The summed E-state index contributed by atoms with van der Waals surface area (Å²) < 4.78 is 5.38. The molecule has 3 aromatic rings. The monoisotopic (exact) mass is 331 g/mol. The van der Waals surface area contributed by atoms with Crippen LogP contribution in [0.25, 0.3) is 10.6 Å². The van der Waals surface area contributed by atoms with Crippen LogP contribution >= 0.6 is 24.0 Å². The fourth-order valence-electron chi connectivity index (χ4n) is 1.87. The molecule has 1 amide bonds. The molecule has 0 atom stereocenters. The summed E-state index contributed by atoms with van der Waals surface area (Å²) in [6.45, 7) is 1.85. The summed E-state index contributed by atoms with van der Waals surface area (Å²) in [6.07, 6.45) is 3.46. The molecule has 0 aliphatic heterocycles. The first-order valence-electron chi connectivity index (χ1n) is 6.56. The molecule has 0 saturated carbocycles. The fourth-order valence-corrected chi connectivity index (χ4v) is 3.00. The van der Waals surface area contributed by atoms with Gasteiger partial charge in [0.25, 0.3) is 5.91 Å². The Morgan fingerprint density at radius 2 is 2.27 bits per heavy atom. The first-order chi connectivity index (χ1) is 10.7. The van der Waals surface area contributed by atoms with E-state index in [2.05, 4.69) is 27.9 Å². The minimum atomic E-state index is -0.294. The van der Waals surface area contributed by atoms with Gasteiger partial charge in [-0.1, -0.05) is 11.3 Å². The predicted molar refractivity (Wildman–Crippen MR) is 89.4 cm³/mol. The van der Waals surface area contributed by atoms with E-state index in [-0.39, 0.29) is 11.7 Å². The van der Waals surface area contributed by atoms with E-state index < -0.39 is 0 Å². The number of aromatic nitrogens is 2. The molecule has 0 aliphatic rings. The summed E-state index contributed by atoms with van der Waals surface area (Å²) in [5.41, 5.74) is 1.68. The average molecular weight is 331 g/mol. The van der Waals surface area contributed by atoms with Crippen molar-refractivity contribution in [2.24, 2.45) is 0 Å². The number of thiol groups is 1. The molecule has 3 aromatic heterocycles. The molecule has 0 spiro atoms. The molecule has 0 aromatic carbocycles. The zero-order chi connectivity index (χ0) is 15.5. The molecular weight excluding hydrogens is 318 g/mol. The minimum Gasteiger partial charge on any atom is -0.455 e. The summed E-state index contributed by atoms with van der Waals surface area (Å²) >= 11 is 5.52. The third-order valence-corrected chi connectivity index (χ3v) is 4.41. The zero-order valence-corrected chi connectivity index (χ0v) is 13.4. The number of amides is 1. The molecule has 0 unspecified atom stereocenters. The molecular formula is C15H13N3O2S2. The van der Waals surface area contributed by atoms with Gasteiger partial charge in [0.15, 0.2) is 5.76 Å². The van der Waals surface area contributed by atoms with Crippen LogP contribution in [0.5, 0.6) is 0 Å². The summed E-state index contributed by atoms with van der Waals surface area (Å²) in [5, 5.41) is 4.35. The number of pyridine rings is 1. The quantitative estimate of drug-likeness (QED) is 0.714. The number of aryl methyl sites for hydroxylation is 1. The van der Waals surface area contributed by atoms with Gasteiger partial charge in [0.05, 0.1) is 5.69 Å². The van der Waals surface area contributed by atoms with Crippen LogP contribution in [0.2, 0.25) is 0 Å². The Morgan fingerprint density at radius 1 is 1.41 bits per heavy atom. The van der Waals surface area contributed by atoms with E-state index in [0.29, 0.717) is 16.5 Å². The van der Waals surface area contributed by atoms with Gasteiger partial charge in [-0.25, -0.2) is 4.98 Å². The lowest BCUT2D eigenvalue weighted by molar-refractivity contribution is 0.0995. The SMILES string of the molecule is Cc1nc(-c2cccnc2)sc1NC(=O)c1ccc(CS)o1. The molecule has 3 rings (SSSR count). The highest BCUT2D eigenvalue weighted by atomic mass is 32.1. The molecule has 22 heavy (non-hydrogen) atoms. The standard InChI is InChI=1S/C15H13N3O2S2/c1-9-14(18-13(19)12-5-4-11(8-21)20-12)22-15(17-9)10-3-2-6-16-7-10/h2-7,21H,8H2,1H3,(H,18,19). The van der Waals surface area contributed by atoms with Gasteiger partial charge in [-0.05, 0) is 31.2 Å². The van der Waals surface area contributed by atoms with Gasteiger partial charge in [0.1, 0.15) is 15.8 Å². The van der Waals surface area contributed by atoms with Gasteiger partial charge in [0, 0.05) is 23.7 Å². The predicted octanol–water partition coefficient (Wildman–Crippen LogP) is 3.79. The summed E-state index contributed by atoms with van der Waals surface area (Å²) in [5.74, 6) is 1.08. The molecule has 7 heteroatoms. The Bertz CT molecular complexity index is 796. The minimum absolute atomic E-state index is 0.264. The fraction of sp³-hybridized carbons (Fsp3) is 0.133. The molecule has 0 bridgehead atoms. The number of nitrogens with one attached hydrogen (secondary N) is 1. The molecule has 1 N–H and O–H groups in total. The van der Waals surface area contributed by atoms with E-state index in [0.717, 1.165) is 16.3 Å². The van der Waals surface area contributed by atoms with E-state index in [1.807, 2.05) is 19.1 Å². The molecule has 0 fully saturated rings. The van der Waals surface area contributed by atoms with E-state index >= 15 is 0 Å². The number of nitrogens with zero attached hydrogens (tertiary/aromatic N) is 2. The van der Waals surface area contributed by atoms with Crippen LogP contribution in [0.15, 0.2) is 41.1 Å². The van der Waals surface area contributed by atoms with Gasteiger partial charge >= 0.3 is 0 Å². The molecule has 112 valence electrons. The largest absolute Gasteiger partial charge is 0.455 e. The van der Waals surface area contributed by atoms with E-state index in [4.69, 9.17) is 4.42 Å². The highest BCUT2D eigenvalue weighted by molar-refractivity contribution is 7.79. The third kappa shape index (κ3) is 3.05. The number of rotatable bonds is 4. The molecule has 0 aliphatic carbocycles. The first kappa shape index (κ1) is 14.8. The van der Waals surface area contributed by atoms with Crippen LogP contribution in [0, 0.1) is 6.92 Å². The highest BCUT2D eigenvalue weighted by Crippen LogP contribution is 2.31.